The molecule has 5 heteroatoms. The van der Waals surface area contributed by atoms with Crippen LogP contribution in [0.1, 0.15) is 5.69 Å². The number of halogens is 1. The van der Waals surface area contributed by atoms with Gasteiger partial charge in [-0.15, -0.1) is 0 Å². The van der Waals surface area contributed by atoms with Crippen molar-refractivity contribution < 1.29 is 0 Å². The van der Waals surface area contributed by atoms with Crippen LogP contribution in [0.4, 0.5) is 5.82 Å². The Morgan fingerprint density at radius 2 is 2.33 bits per heavy atom. The van der Waals surface area contributed by atoms with Crippen LogP contribution in [0, 0.1) is 6.92 Å². The summed E-state index contributed by atoms with van der Waals surface area (Å²) in [6.07, 6.45) is 1.53. The minimum atomic E-state index is 0.519. The number of aryl methyl sites for hydroxylation is 1. The van der Waals surface area contributed by atoms with Gasteiger partial charge in [0.05, 0.1) is 6.20 Å². The van der Waals surface area contributed by atoms with Gasteiger partial charge in [-0.25, -0.2) is 4.98 Å². The molecule has 0 spiro atoms. The summed E-state index contributed by atoms with van der Waals surface area (Å²) in [6.45, 7) is 1.86. The minimum Gasteiger partial charge on any atom is -0.384 e. The second kappa shape index (κ2) is 2.35. The van der Waals surface area contributed by atoms with E-state index < -0.39 is 0 Å². The number of hydrogen-bond acceptors (Lipinski definition) is 3. The van der Waals surface area contributed by atoms with E-state index >= 15 is 0 Å². The first-order valence-corrected chi connectivity index (χ1v) is 3.82. The van der Waals surface area contributed by atoms with Crippen LogP contribution in [-0.4, -0.2) is 14.6 Å². The van der Waals surface area contributed by atoms with Crippen molar-refractivity contribution in [1.29, 1.82) is 0 Å². The molecule has 0 atom stereocenters. The molecule has 2 N–H and O–H groups in total. The van der Waals surface area contributed by atoms with Crippen LogP contribution in [0.3, 0.4) is 0 Å². The zero-order valence-corrected chi connectivity index (χ0v) is 7.21. The van der Waals surface area contributed by atoms with Crippen LogP contribution < -0.4 is 5.73 Å². The summed E-state index contributed by atoms with van der Waals surface area (Å²) in [7, 11) is 0. The summed E-state index contributed by atoms with van der Waals surface area (Å²) in [5.41, 5.74) is 7.11. The maximum Gasteiger partial charge on any atom is 0.176 e. The maximum atomic E-state index is 5.82. The number of nitrogens with zero attached hydrogens (tertiary/aromatic N) is 3. The molecule has 0 unspecified atom stereocenters. The quantitative estimate of drug-likeness (QED) is 0.668. The van der Waals surface area contributed by atoms with E-state index in [1.165, 1.54) is 10.7 Å². The molecule has 0 amide bonds. The monoisotopic (exact) mass is 182 g/mol. The van der Waals surface area contributed by atoms with E-state index in [4.69, 9.17) is 17.3 Å². The van der Waals surface area contributed by atoms with Crippen molar-refractivity contribution in [3.63, 3.8) is 0 Å². The van der Waals surface area contributed by atoms with Gasteiger partial charge in [0.2, 0.25) is 0 Å². The van der Waals surface area contributed by atoms with E-state index in [1.54, 1.807) is 6.07 Å². The molecule has 0 aliphatic rings. The Kier molecular flexibility index (Phi) is 1.44. The van der Waals surface area contributed by atoms with Gasteiger partial charge in [-0.2, -0.15) is 9.61 Å². The van der Waals surface area contributed by atoms with Gasteiger partial charge in [0, 0.05) is 11.8 Å². The van der Waals surface area contributed by atoms with Crippen LogP contribution in [0.25, 0.3) is 5.65 Å². The predicted molar refractivity (Wildman–Crippen MR) is 47.1 cm³/mol. The molecule has 4 nitrogen and oxygen atoms in total. The lowest BCUT2D eigenvalue weighted by Gasteiger charge is -1.99. The normalized spacial score (nSPS) is 10.8. The topological polar surface area (TPSA) is 56.2 Å². The molecule has 0 fully saturated rings. The van der Waals surface area contributed by atoms with E-state index in [2.05, 4.69) is 10.1 Å². The highest BCUT2D eigenvalue weighted by Crippen LogP contribution is 2.17. The number of nitrogen functional groups attached to an aromatic ring is 1. The highest BCUT2D eigenvalue weighted by atomic mass is 35.5. The minimum absolute atomic E-state index is 0.519. The highest BCUT2D eigenvalue weighted by Gasteiger charge is 2.05. The molecule has 0 aliphatic carbocycles. The second-order valence-electron chi connectivity index (χ2n) is 2.55. The van der Waals surface area contributed by atoms with Gasteiger partial charge < -0.3 is 5.73 Å². The zero-order chi connectivity index (χ0) is 8.72. The summed E-state index contributed by atoms with van der Waals surface area (Å²) in [4.78, 5) is 4.18. The third-order valence-corrected chi connectivity index (χ3v) is 1.85. The Morgan fingerprint density at radius 1 is 1.58 bits per heavy atom. The van der Waals surface area contributed by atoms with Crippen molar-refractivity contribution in [3.8, 4) is 0 Å². The molecule has 0 saturated carbocycles. The van der Waals surface area contributed by atoms with Gasteiger partial charge in [-0.05, 0) is 6.92 Å². The first-order valence-electron chi connectivity index (χ1n) is 3.45. The number of fused-ring (bicyclic) bond motifs is 1. The average molecular weight is 183 g/mol. The fourth-order valence-corrected chi connectivity index (χ4v) is 1.25. The van der Waals surface area contributed by atoms with Gasteiger partial charge >= 0.3 is 0 Å². The maximum absolute atomic E-state index is 5.82. The lowest BCUT2D eigenvalue weighted by atomic mass is 10.4. The van der Waals surface area contributed by atoms with E-state index in [0.717, 1.165) is 5.69 Å². The summed E-state index contributed by atoms with van der Waals surface area (Å²) in [5, 5.41) is 4.48. The average Bonchev–Trinajstić information content (AvgIpc) is 2.33. The van der Waals surface area contributed by atoms with Crippen molar-refractivity contribution in [1.82, 2.24) is 14.6 Å². The van der Waals surface area contributed by atoms with Gasteiger partial charge in [-0.1, -0.05) is 11.6 Å². The van der Waals surface area contributed by atoms with Crippen LogP contribution in [-0.2, 0) is 0 Å². The molecule has 0 aromatic carbocycles. The largest absolute Gasteiger partial charge is 0.384 e. The molecule has 2 rings (SSSR count). The summed E-state index contributed by atoms with van der Waals surface area (Å²) >= 11 is 5.82. The Morgan fingerprint density at radius 3 is 3.08 bits per heavy atom. The lowest BCUT2D eigenvalue weighted by molar-refractivity contribution is 0.942. The summed E-state index contributed by atoms with van der Waals surface area (Å²) in [5.74, 6) is 0.546. The molecule has 0 bridgehead atoms. The molecule has 0 radical (unpaired) electrons. The molecule has 0 aliphatic heterocycles. The number of nitrogens with two attached hydrogens (primary N) is 1. The van der Waals surface area contributed by atoms with Gasteiger partial charge in [0.15, 0.2) is 5.65 Å². The third-order valence-electron chi connectivity index (χ3n) is 1.58. The molecular formula is C7H7ClN4. The Labute approximate surface area is 74.0 Å². The smallest absolute Gasteiger partial charge is 0.176 e. The van der Waals surface area contributed by atoms with E-state index in [1.807, 2.05) is 6.92 Å². The van der Waals surface area contributed by atoms with Crippen molar-refractivity contribution >= 4 is 23.1 Å². The van der Waals surface area contributed by atoms with Crippen molar-refractivity contribution in [2.24, 2.45) is 0 Å². The number of hydrogen-bond donors (Lipinski definition) is 1. The first-order chi connectivity index (χ1) is 5.68. The molecule has 2 heterocycles. The van der Waals surface area contributed by atoms with Crippen molar-refractivity contribution in [2.45, 2.75) is 6.92 Å². The van der Waals surface area contributed by atoms with Crippen LogP contribution in [0.5, 0.6) is 0 Å². The first kappa shape index (κ1) is 7.36. The molecule has 0 saturated heterocycles. The van der Waals surface area contributed by atoms with Gasteiger partial charge in [-0.3, -0.25) is 0 Å². The SMILES string of the molecule is Cc1cc(N)n2ncc(Cl)c2n1. The van der Waals surface area contributed by atoms with Crippen molar-refractivity contribution in [2.75, 3.05) is 5.73 Å². The molecule has 2 aromatic rings. The fourth-order valence-electron chi connectivity index (χ4n) is 1.09. The lowest BCUT2D eigenvalue weighted by Crippen LogP contribution is -2.00. The van der Waals surface area contributed by atoms with Crippen LogP contribution >= 0.6 is 11.6 Å². The van der Waals surface area contributed by atoms with Gasteiger partial charge in [0.25, 0.3) is 0 Å². The number of rotatable bonds is 0. The third kappa shape index (κ3) is 0.921. The highest BCUT2D eigenvalue weighted by molar-refractivity contribution is 6.33. The zero-order valence-electron chi connectivity index (χ0n) is 6.45. The molecule has 12 heavy (non-hydrogen) atoms. The number of anilines is 1. The fraction of sp³-hybridized carbons (Fsp3) is 0.143. The molecule has 62 valence electrons. The second-order valence-corrected chi connectivity index (χ2v) is 2.96. The number of aromatic nitrogens is 3. The standard InChI is InChI=1S/C7H7ClN4/c1-4-2-6(9)12-7(11-4)5(8)3-10-12/h2-3H,9H2,1H3. The van der Waals surface area contributed by atoms with E-state index in [0.29, 0.717) is 16.5 Å². The summed E-state index contributed by atoms with van der Waals surface area (Å²) < 4.78 is 1.51. The molecular weight excluding hydrogens is 176 g/mol. The van der Waals surface area contributed by atoms with Gasteiger partial charge in [0.1, 0.15) is 10.8 Å². The van der Waals surface area contributed by atoms with Crippen molar-refractivity contribution in [3.05, 3.63) is 23.0 Å². The summed E-state index contributed by atoms with van der Waals surface area (Å²) in [6, 6.07) is 1.75. The molecule has 2 aromatic heterocycles. The van der Waals surface area contributed by atoms with E-state index in [-0.39, 0.29) is 0 Å². The van der Waals surface area contributed by atoms with E-state index in [9.17, 15) is 0 Å². The predicted octanol–water partition coefficient (Wildman–Crippen LogP) is 1.27. The van der Waals surface area contributed by atoms with Crippen LogP contribution in [0.2, 0.25) is 5.02 Å². The Bertz CT molecular complexity index is 434. The Hall–Kier alpha value is -1.29. The van der Waals surface area contributed by atoms with Crippen LogP contribution in [0.15, 0.2) is 12.3 Å². The Balaban J connectivity index is 2.92.